The molecule has 0 aromatic carbocycles. The van der Waals surface area contributed by atoms with Crippen molar-refractivity contribution in [1.29, 1.82) is 0 Å². The fourth-order valence-corrected chi connectivity index (χ4v) is 6.71. The zero-order valence-corrected chi connectivity index (χ0v) is 38.0. The summed E-state index contributed by atoms with van der Waals surface area (Å²) in [5, 5.41) is 0. The molecule has 1 unspecified atom stereocenters. The SMILES string of the molecule is CC\C=C/C=C\C=C/CCCCCCCC(=O)OC(COC(=O)CCCCCCCCC/C=C\C/C=C\CC)COC(=O)CCCCCCCCCCCCCCC. The van der Waals surface area contributed by atoms with Gasteiger partial charge in [0.25, 0.3) is 0 Å². The van der Waals surface area contributed by atoms with E-state index in [1.165, 1.54) is 89.9 Å². The zero-order chi connectivity index (χ0) is 42.3. The van der Waals surface area contributed by atoms with Crippen LogP contribution in [0.5, 0.6) is 0 Å². The van der Waals surface area contributed by atoms with Gasteiger partial charge in [-0.15, -0.1) is 0 Å². The van der Waals surface area contributed by atoms with E-state index < -0.39 is 6.10 Å². The zero-order valence-electron chi connectivity index (χ0n) is 38.0. The highest BCUT2D eigenvalue weighted by Crippen LogP contribution is 2.15. The van der Waals surface area contributed by atoms with Crippen molar-refractivity contribution in [3.8, 4) is 0 Å². The first kappa shape index (κ1) is 55.1. The summed E-state index contributed by atoms with van der Waals surface area (Å²) in [7, 11) is 0. The summed E-state index contributed by atoms with van der Waals surface area (Å²) < 4.78 is 16.7. The molecule has 0 aliphatic heterocycles. The Morgan fingerprint density at radius 3 is 1.22 bits per heavy atom. The third kappa shape index (κ3) is 44.2. The summed E-state index contributed by atoms with van der Waals surface area (Å²) in [6, 6.07) is 0. The Balaban J connectivity index is 4.41. The Hall–Kier alpha value is -2.89. The summed E-state index contributed by atoms with van der Waals surface area (Å²) in [5.41, 5.74) is 0. The van der Waals surface area contributed by atoms with Gasteiger partial charge >= 0.3 is 17.9 Å². The monoisotopic (exact) mass is 811 g/mol. The average molecular weight is 811 g/mol. The fourth-order valence-electron chi connectivity index (χ4n) is 6.71. The van der Waals surface area contributed by atoms with Gasteiger partial charge in [0.05, 0.1) is 0 Å². The summed E-state index contributed by atoms with van der Waals surface area (Å²) >= 11 is 0. The molecule has 58 heavy (non-hydrogen) atoms. The molecule has 0 saturated carbocycles. The number of carbonyl (C=O) groups is 3. The van der Waals surface area contributed by atoms with E-state index in [2.05, 4.69) is 81.5 Å². The van der Waals surface area contributed by atoms with Crippen LogP contribution in [-0.4, -0.2) is 37.2 Å². The van der Waals surface area contributed by atoms with Crippen LogP contribution in [0.2, 0.25) is 0 Å². The molecule has 1 atom stereocenters. The number of hydrogen-bond acceptors (Lipinski definition) is 6. The minimum absolute atomic E-state index is 0.0837. The molecular formula is C52H90O6. The van der Waals surface area contributed by atoms with Crippen molar-refractivity contribution in [3.63, 3.8) is 0 Å². The van der Waals surface area contributed by atoms with E-state index in [0.717, 1.165) is 103 Å². The highest BCUT2D eigenvalue weighted by atomic mass is 16.6. The molecule has 0 aliphatic rings. The smallest absolute Gasteiger partial charge is 0.306 e. The number of esters is 3. The number of unbranched alkanes of at least 4 members (excludes halogenated alkanes) is 24. The maximum absolute atomic E-state index is 12.7. The summed E-state index contributed by atoms with van der Waals surface area (Å²) in [6.45, 7) is 6.37. The standard InChI is InChI=1S/C52H90O6/c1-4-7-10-13-16-19-22-25-28-30-33-36-39-42-45-51(54)57-48-49(58-52(55)46-43-40-37-34-31-27-24-21-18-15-12-9-6-3)47-56-50(53)44-41-38-35-32-29-26-23-20-17-14-11-8-5-2/h7,9-10,12,15-16,18-19,21,24,49H,4-6,8,11,13-14,17,20,22-23,25-48H2,1-3H3/b10-7-,12-9-,18-15-,19-16-,24-21-. The minimum Gasteiger partial charge on any atom is -0.462 e. The van der Waals surface area contributed by atoms with Crippen LogP contribution >= 0.6 is 0 Å². The quantitative estimate of drug-likeness (QED) is 0.0201. The number of ether oxygens (including phenoxy) is 3. The van der Waals surface area contributed by atoms with Gasteiger partial charge in [0, 0.05) is 19.3 Å². The molecule has 0 aliphatic carbocycles. The highest BCUT2D eigenvalue weighted by molar-refractivity contribution is 5.71. The second-order valence-electron chi connectivity index (χ2n) is 16.0. The lowest BCUT2D eigenvalue weighted by atomic mass is 10.0. The van der Waals surface area contributed by atoms with Crippen LogP contribution in [0.1, 0.15) is 233 Å². The van der Waals surface area contributed by atoms with E-state index in [1.807, 2.05) is 0 Å². The third-order valence-corrected chi connectivity index (χ3v) is 10.3. The lowest BCUT2D eigenvalue weighted by Gasteiger charge is -2.18. The van der Waals surface area contributed by atoms with E-state index in [0.29, 0.717) is 19.3 Å². The fraction of sp³-hybridized carbons (Fsp3) is 0.750. The Morgan fingerprint density at radius 1 is 0.379 bits per heavy atom. The average Bonchev–Trinajstić information content (AvgIpc) is 3.22. The number of rotatable bonds is 43. The molecule has 0 heterocycles. The van der Waals surface area contributed by atoms with Crippen molar-refractivity contribution in [2.75, 3.05) is 13.2 Å². The lowest BCUT2D eigenvalue weighted by Crippen LogP contribution is -2.30. The van der Waals surface area contributed by atoms with Gasteiger partial charge in [-0.2, -0.15) is 0 Å². The summed E-state index contributed by atoms with van der Waals surface area (Å²) in [6.07, 6.45) is 56.3. The molecule has 0 radical (unpaired) electrons. The first-order valence-corrected chi connectivity index (χ1v) is 24.3. The maximum Gasteiger partial charge on any atom is 0.306 e. The normalized spacial score (nSPS) is 12.5. The van der Waals surface area contributed by atoms with E-state index >= 15 is 0 Å². The minimum atomic E-state index is -0.784. The molecule has 6 heteroatoms. The highest BCUT2D eigenvalue weighted by Gasteiger charge is 2.19. The van der Waals surface area contributed by atoms with Gasteiger partial charge in [0.15, 0.2) is 6.10 Å². The van der Waals surface area contributed by atoms with Crippen LogP contribution in [0, 0.1) is 0 Å². The van der Waals surface area contributed by atoms with Crippen LogP contribution in [0.15, 0.2) is 60.8 Å². The molecule has 0 amide bonds. The molecule has 0 fully saturated rings. The predicted molar refractivity (Wildman–Crippen MR) is 247 cm³/mol. The molecule has 6 nitrogen and oxygen atoms in total. The van der Waals surface area contributed by atoms with Crippen molar-refractivity contribution in [3.05, 3.63) is 60.8 Å². The molecule has 0 bridgehead atoms. The molecule has 0 rings (SSSR count). The Labute approximate surface area is 358 Å². The number of carbonyl (C=O) groups excluding carboxylic acids is 3. The second-order valence-corrected chi connectivity index (χ2v) is 16.0. The molecule has 0 N–H and O–H groups in total. The van der Waals surface area contributed by atoms with Gasteiger partial charge in [-0.3, -0.25) is 14.4 Å². The molecule has 0 saturated heterocycles. The van der Waals surface area contributed by atoms with Crippen molar-refractivity contribution in [1.82, 2.24) is 0 Å². The van der Waals surface area contributed by atoms with Gasteiger partial charge in [-0.25, -0.2) is 0 Å². The lowest BCUT2D eigenvalue weighted by molar-refractivity contribution is -0.167. The predicted octanol–water partition coefficient (Wildman–Crippen LogP) is 15.7. The first-order valence-electron chi connectivity index (χ1n) is 24.3. The van der Waals surface area contributed by atoms with Crippen LogP contribution < -0.4 is 0 Å². The van der Waals surface area contributed by atoms with Crippen molar-refractivity contribution < 1.29 is 28.6 Å². The van der Waals surface area contributed by atoms with Crippen LogP contribution in [0.4, 0.5) is 0 Å². The molecule has 0 aromatic heterocycles. The Kier molecular flexibility index (Phi) is 44.5. The second kappa shape index (κ2) is 46.8. The van der Waals surface area contributed by atoms with Gasteiger partial charge in [0.2, 0.25) is 0 Å². The molecule has 334 valence electrons. The van der Waals surface area contributed by atoms with Crippen LogP contribution in [-0.2, 0) is 28.6 Å². The van der Waals surface area contributed by atoms with E-state index in [-0.39, 0.29) is 31.1 Å². The van der Waals surface area contributed by atoms with E-state index in [1.54, 1.807) is 0 Å². The maximum atomic E-state index is 12.7. The van der Waals surface area contributed by atoms with E-state index in [4.69, 9.17) is 14.2 Å². The van der Waals surface area contributed by atoms with E-state index in [9.17, 15) is 14.4 Å². The Morgan fingerprint density at radius 2 is 0.759 bits per heavy atom. The Bertz CT molecular complexity index is 1070. The van der Waals surface area contributed by atoms with Crippen molar-refractivity contribution in [2.45, 2.75) is 239 Å². The molecular weight excluding hydrogens is 721 g/mol. The van der Waals surface area contributed by atoms with Gasteiger partial charge in [-0.1, -0.05) is 210 Å². The third-order valence-electron chi connectivity index (χ3n) is 10.3. The summed E-state index contributed by atoms with van der Waals surface area (Å²) in [5.74, 6) is -0.911. The van der Waals surface area contributed by atoms with Crippen LogP contribution in [0.3, 0.4) is 0 Å². The van der Waals surface area contributed by atoms with Gasteiger partial charge < -0.3 is 14.2 Å². The summed E-state index contributed by atoms with van der Waals surface area (Å²) in [4.78, 5) is 37.9. The largest absolute Gasteiger partial charge is 0.462 e. The molecule has 0 spiro atoms. The van der Waals surface area contributed by atoms with Crippen molar-refractivity contribution in [2.24, 2.45) is 0 Å². The van der Waals surface area contributed by atoms with Gasteiger partial charge in [0.1, 0.15) is 13.2 Å². The number of allylic oxidation sites excluding steroid dienone is 10. The topological polar surface area (TPSA) is 78.9 Å². The molecule has 0 aromatic rings. The first-order chi connectivity index (χ1) is 28.5. The van der Waals surface area contributed by atoms with Crippen molar-refractivity contribution >= 4 is 17.9 Å². The number of hydrogen-bond donors (Lipinski definition) is 0. The van der Waals surface area contributed by atoms with Crippen LogP contribution in [0.25, 0.3) is 0 Å². The van der Waals surface area contributed by atoms with Gasteiger partial charge in [-0.05, 0) is 64.2 Å².